The fourth-order valence-electron chi connectivity index (χ4n) is 1.50. The van der Waals surface area contributed by atoms with Crippen LogP contribution in [0.2, 0.25) is 0 Å². The third kappa shape index (κ3) is 3.01. The van der Waals surface area contributed by atoms with Crippen molar-refractivity contribution in [3.8, 4) is 5.75 Å². The van der Waals surface area contributed by atoms with Gasteiger partial charge in [0.05, 0.1) is 12.8 Å². The van der Waals surface area contributed by atoms with Crippen LogP contribution >= 0.6 is 0 Å². The maximum absolute atomic E-state index is 5.66. The zero-order chi connectivity index (χ0) is 13.8. The molecule has 0 aliphatic rings. The van der Waals surface area contributed by atoms with Gasteiger partial charge in [0, 0.05) is 14.1 Å². The lowest BCUT2D eigenvalue weighted by Crippen LogP contribution is -2.15. The Balaban J connectivity index is 2.32. The van der Waals surface area contributed by atoms with E-state index in [-0.39, 0.29) is 5.95 Å². The SMILES string of the molecule is COc1ccccc1Nc1nc(N)nc(N(C)C)n1. The van der Waals surface area contributed by atoms with Crippen molar-refractivity contribution in [2.24, 2.45) is 0 Å². The number of para-hydroxylation sites is 2. The van der Waals surface area contributed by atoms with E-state index in [1.165, 1.54) is 0 Å². The van der Waals surface area contributed by atoms with Crippen LogP contribution in [0.5, 0.6) is 5.75 Å². The van der Waals surface area contributed by atoms with Crippen LogP contribution in [0.3, 0.4) is 0 Å². The molecule has 0 radical (unpaired) electrons. The second kappa shape index (κ2) is 5.38. The number of hydrogen-bond donors (Lipinski definition) is 2. The average Bonchev–Trinajstić information content (AvgIpc) is 2.38. The quantitative estimate of drug-likeness (QED) is 0.855. The van der Waals surface area contributed by atoms with Gasteiger partial charge in [-0.05, 0) is 12.1 Å². The summed E-state index contributed by atoms with van der Waals surface area (Å²) in [5.41, 5.74) is 6.43. The van der Waals surface area contributed by atoms with Gasteiger partial charge in [-0.25, -0.2) is 0 Å². The fraction of sp³-hybridized carbons (Fsp3) is 0.250. The van der Waals surface area contributed by atoms with E-state index >= 15 is 0 Å². The monoisotopic (exact) mass is 260 g/mol. The third-order valence-corrected chi connectivity index (χ3v) is 2.39. The van der Waals surface area contributed by atoms with Crippen molar-refractivity contribution >= 4 is 23.5 Å². The summed E-state index contributed by atoms with van der Waals surface area (Å²) in [5.74, 6) is 1.73. The predicted molar refractivity (Wildman–Crippen MR) is 74.8 cm³/mol. The third-order valence-electron chi connectivity index (χ3n) is 2.39. The van der Waals surface area contributed by atoms with Crippen molar-refractivity contribution in [1.82, 2.24) is 15.0 Å². The first-order chi connectivity index (χ1) is 9.10. The average molecular weight is 260 g/mol. The van der Waals surface area contributed by atoms with Crippen LogP contribution in [0.1, 0.15) is 0 Å². The maximum atomic E-state index is 5.66. The fourth-order valence-corrected chi connectivity index (χ4v) is 1.50. The van der Waals surface area contributed by atoms with Crippen molar-refractivity contribution in [3.05, 3.63) is 24.3 Å². The minimum atomic E-state index is 0.163. The molecule has 100 valence electrons. The van der Waals surface area contributed by atoms with E-state index in [9.17, 15) is 0 Å². The molecule has 19 heavy (non-hydrogen) atoms. The molecule has 0 spiro atoms. The normalized spacial score (nSPS) is 10.1. The Morgan fingerprint density at radius 1 is 1.16 bits per heavy atom. The molecule has 7 heteroatoms. The molecule has 0 aliphatic carbocycles. The molecule has 0 unspecified atom stereocenters. The van der Waals surface area contributed by atoms with E-state index in [0.29, 0.717) is 17.6 Å². The lowest BCUT2D eigenvalue weighted by molar-refractivity contribution is 0.417. The Labute approximate surface area is 111 Å². The van der Waals surface area contributed by atoms with E-state index in [4.69, 9.17) is 10.5 Å². The van der Waals surface area contributed by atoms with Gasteiger partial charge in [-0.1, -0.05) is 12.1 Å². The Kier molecular flexibility index (Phi) is 3.65. The van der Waals surface area contributed by atoms with Crippen LogP contribution in [-0.2, 0) is 0 Å². The van der Waals surface area contributed by atoms with Gasteiger partial charge in [-0.15, -0.1) is 0 Å². The Morgan fingerprint density at radius 3 is 2.58 bits per heavy atom. The summed E-state index contributed by atoms with van der Waals surface area (Å²) >= 11 is 0. The molecule has 0 bridgehead atoms. The van der Waals surface area contributed by atoms with Gasteiger partial charge in [-0.3, -0.25) is 0 Å². The summed E-state index contributed by atoms with van der Waals surface area (Å²) in [6.45, 7) is 0. The summed E-state index contributed by atoms with van der Waals surface area (Å²) in [7, 11) is 5.27. The largest absolute Gasteiger partial charge is 0.495 e. The number of nitrogens with one attached hydrogen (secondary N) is 1. The van der Waals surface area contributed by atoms with Crippen LogP contribution in [0, 0.1) is 0 Å². The molecule has 0 amide bonds. The number of aromatic nitrogens is 3. The molecule has 0 fully saturated rings. The van der Waals surface area contributed by atoms with Crippen LogP contribution in [-0.4, -0.2) is 36.2 Å². The second-order valence-electron chi connectivity index (χ2n) is 4.04. The molecule has 3 N–H and O–H groups in total. The second-order valence-corrected chi connectivity index (χ2v) is 4.04. The van der Waals surface area contributed by atoms with Gasteiger partial charge < -0.3 is 20.7 Å². The number of benzene rings is 1. The first-order valence-corrected chi connectivity index (χ1v) is 5.69. The highest BCUT2D eigenvalue weighted by Crippen LogP contribution is 2.26. The van der Waals surface area contributed by atoms with Crippen LogP contribution in [0.15, 0.2) is 24.3 Å². The van der Waals surface area contributed by atoms with Gasteiger partial charge in [0.1, 0.15) is 5.75 Å². The van der Waals surface area contributed by atoms with E-state index in [0.717, 1.165) is 5.69 Å². The van der Waals surface area contributed by atoms with E-state index in [1.54, 1.807) is 12.0 Å². The standard InChI is InChI=1S/C12H16N6O/c1-18(2)12-16-10(13)15-11(17-12)14-8-6-4-5-7-9(8)19-3/h4-7H,1-3H3,(H3,13,14,15,16,17). The predicted octanol–water partition coefficient (Wildman–Crippen LogP) is 1.27. The molecular weight excluding hydrogens is 244 g/mol. The minimum absolute atomic E-state index is 0.163. The number of rotatable bonds is 4. The van der Waals surface area contributed by atoms with Crippen LogP contribution in [0.4, 0.5) is 23.5 Å². The lowest BCUT2D eigenvalue weighted by Gasteiger charge is -2.13. The van der Waals surface area contributed by atoms with Crippen molar-refractivity contribution in [2.75, 3.05) is 37.2 Å². The number of methoxy groups -OCH3 is 1. The molecule has 2 rings (SSSR count). The van der Waals surface area contributed by atoms with Gasteiger partial charge in [0.15, 0.2) is 0 Å². The van der Waals surface area contributed by atoms with Crippen molar-refractivity contribution < 1.29 is 4.74 Å². The smallest absolute Gasteiger partial charge is 0.233 e. The molecule has 7 nitrogen and oxygen atoms in total. The van der Waals surface area contributed by atoms with Gasteiger partial charge in [0.25, 0.3) is 0 Å². The molecule has 1 aromatic carbocycles. The first-order valence-electron chi connectivity index (χ1n) is 5.69. The zero-order valence-corrected chi connectivity index (χ0v) is 11.1. The topological polar surface area (TPSA) is 89.2 Å². The minimum Gasteiger partial charge on any atom is -0.495 e. The van der Waals surface area contributed by atoms with E-state index in [1.807, 2.05) is 38.4 Å². The molecule has 2 aromatic rings. The molecule has 0 saturated heterocycles. The molecule has 0 atom stereocenters. The zero-order valence-electron chi connectivity index (χ0n) is 11.1. The number of anilines is 4. The first kappa shape index (κ1) is 12.9. The van der Waals surface area contributed by atoms with E-state index in [2.05, 4.69) is 20.3 Å². The summed E-state index contributed by atoms with van der Waals surface area (Å²) < 4.78 is 5.25. The summed E-state index contributed by atoms with van der Waals surface area (Å²) in [5, 5.41) is 3.07. The molecule has 0 aliphatic heterocycles. The number of hydrogen-bond acceptors (Lipinski definition) is 7. The summed E-state index contributed by atoms with van der Waals surface area (Å²) in [6.07, 6.45) is 0. The van der Waals surface area contributed by atoms with E-state index < -0.39 is 0 Å². The molecule has 1 aromatic heterocycles. The Bertz CT molecular complexity index is 572. The van der Waals surface area contributed by atoms with Crippen molar-refractivity contribution in [3.63, 3.8) is 0 Å². The number of nitrogen functional groups attached to an aromatic ring is 1. The highest BCUT2D eigenvalue weighted by atomic mass is 16.5. The molecule has 0 saturated carbocycles. The van der Waals surface area contributed by atoms with Gasteiger partial charge in [0.2, 0.25) is 17.8 Å². The van der Waals surface area contributed by atoms with Crippen LogP contribution < -0.4 is 20.7 Å². The number of ether oxygens (including phenoxy) is 1. The highest BCUT2D eigenvalue weighted by Gasteiger charge is 2.08. The number of nitrogens with zero attached hydrogens (tertiary/aromatic N) is 4. The maximum Gasteiger partial charge on any atom is 0.233 e. The highest BCUT2D eigenvalue weighted by molar-refractivity contribution is 5.63. The van der Waals surface area contributed by atoms with Gasteiger partial charge >= 0.3 is 0 Å². The Morgan fingerprint density at radius 2 is 1.89 bits per heavy atom. The Hall–Kier alpha value is -2.57. The lowest BCUT2D eigenvalue weighted by atomic mass is 10.3. The summed E-state index contributed by atoms with van der Waals surface area (Å²) in [4.78, 5) is 14.1. The molecular formula is C12H16N6O. The van der Waals surface area contributed by atoms with Crippen LogP contribution in [0.25, 0.3) is 0 Å². The summed E-state index contributed by atoms with van der Waals surface area (Å²) in [6, 6.07) is 7.49. The van der Waals surface area contributed by atoms with Crippen molar-refractivity contribution in [2.45, 2.75) is 0 Å². The number of nitrogens with two attached hydrogens (primary N) is 1. The molecule has 1 heterocycles. The van der Waals surface area contributed by atoms with Gasteiger partial charge in [-0.2, -0.15) is 15.0 Å². The van der Waals surface area contributed by atoms with Crippen molar-refractivity contribution in [1.29, 1.82) is 0 Å².